The van der Waals surface area contributed by atoms with Gasteiger partial charge in [0.05, 0.1) is 0 Å². The van der Waals surface area contributed by atoms with Crippen molar-refractivity contribution >= 4 is 30.7 Å². The largest absolute Gasteiger partial charge is 0.385 e. The molecule has 1 amide bonds. The van der Waals surface area contributed by atoms with Gasteiger partial charge in [0.25, 0.3) is 0 Å². The number of nitrogens with one attached hydrogen (secondary N) is 2. The summed E-state index contributed by atoms with van der Waals surface area (Å²) in [4.78, 5) is 14.6. The predicted molar refractivity (Wildman–Crippen MR) is 123 cm³/mol. The second-order valence-corrected chi connectivity index (χ2v) is 8.14. The van der Waals surface area contributed by atoms with Gasteiger partial charge in [-0.3, -0.25) is 9.69 Å². The number of hydrogen-bond acceptors (Lipinski definition) is 4. The molecule has 5 nitrogen and oxygen atoms in total. The van der Waals surface area contributed by atoms with Crippen molar-refractivity contribution in [1.82, 2.24) is 15.5 Å². The summed E-state index contributed by atoms with van der Waals surface area (Å²) in [6.45, 7) is 5.98. The normalized spacial score (nSPS) is 23.6. The maximum absolute atomic E-state index is 11.9. The van der Waals surface area contributed by atoms with Crippen LogP contribution in [0.5, 0.6) is 0 Å². The topological polar surface area (TPSA) is 53.6 Å². The number of amides is 1. The monoisotopic (exact) mass is 445 g/mol. The Morgan fingerprint density at radius 3 is 2.76 bits per heavy atom. The van der Waals surface area contributed by atoms with E-state index < -0.39 is 0 Å². The molecule has 2 saturated heterocycles. The third-order valence-corrected chi connectivity index (χ3v) is 5.90. The molecule has 2 heterocycles. The first-order chi connectivity index (χ1) is 13.2. The molecule has 7 heteroatoms. The maximum atomic E-state index is 11.9. The van der Waals surface area contributed by atoms with E-state index in [4.69, 9.17) is 4.74 Å². The molecular formula is C22H37Cl2N3O2. The number of nitrogens with zero attached hydrogens (tertiary/aromatic N) is 1. The van der Waals surface area contributed by atoms with Crippen molar-refractivity contribution in [1.29, 1.82) is 0 Å². The predicted octanol–water partition coefficient (Wildman–Crippen LogP) is 3.26. The van der Waals surface area contributed by atoms with Crippen molar-refractivity contribution in [3.8, 4) is 0 Å². The molecule has 1 aromatic carbocycles. The summed E-state index contributed by atoms with van der Waals surface area (Å²) in [5.74, 6) is 1.66. The highest BCUT2D eigenvalue weighted by atomic mass is 35.5. The van der Waals surface area contributed by atoms with Gasteiger partial charge in [0, 0.05) is 52.4 Å². The van der Waals surface area contributed by atoms with Crippen molar-refractivity contribution < 1.29 is 9.53 Å². The van der Waals surface area contributed by atoms with Gasteiger partial charge in [-0.1, -0.05) is 30.3 Å². The summed E-state index contributed by atoms with van der Waals surface area (Å²) in [6.07, 6.45) is 4.92. The fraction of sp³-hybridized carbons (Fsp3) is 0.682. The quantitative estimate of drug-likeness (QED) is 0.542. The lowest BCUT2D eigenvalue weighted by molar-refractivity contribution is -0.121. The minimum Gasteiger partial charge on any atom is -0.385 e. The molecule has 0 aromatic heterocycles. The fourth-order valence-electron chi connectivity index (χ4n) is 4.60. The Hall–Kier alpha value is -0.850. The third-order valence-electron chi connectivity index (χ3n) is 5.90. The number of likely N-dealkylation sites (tertiary alicyclic amines) is 1. The van der Waals surface area contributed by atoms with E-state index in [9.17, 15) is 4.79 Å². The van der Waals surface area contributed by atoms with Gasteiger partial charge >= 0.3 is 0 Å². The van der Waals surface area contributed by atoms with Gasteiger partial charge in [-0.05, 0) is 49.6 Å². The molecule has 2 N–H and O–H groups in total. The van der Waals surface area contributed by atoms with Gasteiger partial charge in [-0.25, -0.2) is 0 Å². The molecule has 2 fully saturated rings. The molecule has 166 valence electrons. The second-order valence-electron chi connectivity index (χ2n) is 8.14. The molecule has 29 heavy (non-hydrogen) atoms. The Morgan fingerprint density at radius 2 is 2.00 bits per heavy atom. The van der Waals surface area contributed by atoms with E-state index in [-0.39, 0.29) is 30.7 Å². The molecule has 0 spiro atoms. The smallest absolute Gasteiger partial charge is 0.219 e. The molecule has 2 aliphatic rings. The molecule has 0 saturated carbocycles. The van der Waals surface area contributed by atoms with E-state index in [1.54, 1.807) is 7.11 Å². The van der Waals surface area contributed by atoms with Gasteiger partial charge < -0.3 is 15.4 Å². The van der Waals surface area contributed by atoms with Crippen LogP contribution in [0.25, 0.3) is 0 Å². The summed E-state index contributed by atoms with van der Waals surface area (Å²) in [6, 6.07) is 11.4. The van der Waals surface area contributed by atoms with Gasteiger partial charge in [-0.15, -0.1) is 24.8 Å². The van der Waals surface area contributed by atoms with Crippen LogP contribution >= 0.6 is 24.8 Å². The average Bonchev–Trinajstić information content (AvgIpc) is 2.68. The van der Waals surface area contributed by atoms with Gasteiger partial charge in [0.2, 0.25) is 5.91 Å². The summed E-state index contributed by atoms with van der Waals surface area (Å²) in [5, 5.41) is 6.75. The molecule has 0 aliphatic carbocycles. The van der Waals surface area contributed by atoms with Crippen LogP contribution in [0.15, 0.2) is 30.3 Å². The highest BCUT2D eigenvalue weighted by Crippen LogP contribution is 2.31. The summed E-state index contributed by atoms with van der Waals surface area (Å²) < 4.78 is 5.00. The molecule has 0 radical (unpaired) electrons. The van der Waals surface area contributed by atoms with Crippen LogP contribution in [0.1, 0.15) is 37.7 Å². The summed E-state index contributed by atoms with van der Waals surface area (Å²) in [5.41, 5.74) is 1.41. The minimum absolute atomic E-state index is 0. The van der Waals surface area contributed by atoms with Crippen LogP contribution in [0.2, 0.25) is 0 Å². The van der Waals surface area contributed by atoms with Crippen molar-refractivity contribution in [2.45, 2.75) is 44.7 Å². The zero-order valence-corrected chi connectivity index (χ0v) is 19.1. The van der Waals surface area contributed by atoms with Gasteiger partial charge in [0.1, 0.15) is 0 Å². The Kier molecular flexibility index (Phi) is 12.8. The number of rotatable bonds is 10. The van der Waals surface area contributed by atoms with Crippen LogP contribution in [0.4, 0.5) is 0 Å². The molecule has 2 aliphatic heterocycles. The van der Waals surface area contributed by atoms with E-state index in [1.807, 2.05) is 0 Å². The number of fused-ring (bicyclic) bond motifs is 2. The van der Waals surface area contributed by atoms with Crippen molar-refractivity contribution in [2.24, 2.45) is 11.8 Å². The van der Waals surface area contributed by atoms with Gasteiger partial charge in [-0.2, -0.15) is 0 Å². The standard InChI is InChI=1S/C22H35N3O2.2ClH/c1-27-12-6-11-23-22(26)10-5-9-21-20-13-19(14-24-21)16-25(17-20)15-18-7-3-2-4-8-18;;/h2-4,7-8,19-21,24H,5-6,9-17H2,1H3,(H,23,26);2*1H/t19?,20?,21-;;/m1../s1. The van der Waals surface area contributed by atoms with E-state index >= 15 is 0 Å². The Morgan fingerprint density at radius 1 is 1.21 bits per heavy atom. The van der Waals surface area contributed by atoms with Gasteiger partial charge in [0.15, 0.2) is 0 Å². The first-order valence-corrected chi connectivity index (χ1v) is 10.5. The molecule has 2 bridgehead atoms. The number of ether oxygens (including phenoxy) is 1. The SMILES string of the molecule is COCCCNC(=O)CCC[C@H]1NCC2CC1CN(Cc1ccccc1)C2.Cl.Cl. The molecule has 3 atom stereocenters. The van der Waals surface area contributed by atoms with Crippen molar-refractivity contribution in [2.75, 3.05) is 39.9 Å². The highest BCUT2D eigenvalue weighted by molar-refractivity contribution is 5.85. The first-order valence-electron chi connectivity index (χ1n) is 10.5. The van der Waals surface area contributed by atoms with E-state index in [0.29, 0.717) is 31.5 Å². The van der Waals surface area contributed by atoms with Crippen molar-refractivity contribution in [3.63, 3.8) is 0 Å². The number of methoxy groups -OCH3 is 1. The van der Waals surface area contributed by atoms with Crippen LogP contribution in [-0.2, 0) is 16.1 Å². The van der Waals surface area contributed by atoms with Crippen LogP contribution in [-0.4, -0.2) is 56.7 Å². The lowest BCUT2D eigenvalue weighted by Gasteiger charge is -2.46. The first kappa shape index (κ1) is 26.2. The molecule has 2 unspecified atom stereocenters. The number of halogens is 2. The number of hydrogen-bond donors (Lipinski definition) is 2. The number of benzene rings is 1. The Labute approximate surface area is 188 Å². The number of piperidine rings is 2. The van der Waals surface area contributed by atoms with Crippen LogP contribution in [0, 0.1) is 11.8 Å². The number of carbonyl (C=O) groups is 1. The molecule has 1 aromatic rings. The summed E-state index contributed by atoms with van der Waals surface area (Å²) >= 11 is 0. The van der Waals surface area contributed by atoms with E-state index in [2.05, 4.69) is 45.9 Å². The van der Waals surface area contributed by atoms with E-state index in [1.165, 1.54) is 25.1 Å². The zero-order chi connectivity index (χ0) is 18.9. The molecule has 3 rings (SSSR count). The maximum Gasteiger partial charge on any atom is 0.219 e. The zero-order valence-electron chi connectivity index (χ0n) is 17.5. The van der Waals surface area contributed by atoms with Crippen LogP contribution in [0.3, 0.4) is 0 Å². The van der Waals surface area contributed by atoms with E-state index in [0.717, 1.165) is 38.3 Å². The second kappa shape index (κ2) is 14.2. The lowest BCUT2D eigenvalue weighted by atomic mass is 9.79. The average molecular weight is 446 g/mol. The Balaban J connectivity index is 0.00000210. The number of carbonyl (C=O) groups excluding carboxylic acids is 1. The highest BCUT2D eigenvalue weighted by Gasteiger charge is 2.35. The lowest BCUT2D eigenvalue weighted by Crippen LogP contribution is -2.55. The minimum atomic E-state index is 0. The summed E-state index contributed by atoms with van der Waals surface area (Å²) in [7, 11) is 1.69. The third kappa shape index (κ3) is 8.81. The molecular weight excluding hydrogens is 409 g/mol. The van der Waals surface area contributed by atoms with Crippen molar-refractivity contribution in [3.05, 3.63) is 35.9 Å². The Bertz CT molecular complexity index is 576. The fourth-order valence-corrected chi connectivity index (χ4v) is 4.60. The van der Waals surface area contributed by atoms with Crippen LogP contribution < -0.4 is 10.6 Å².